The highest BCUT2D eigenvalue weighted by Crippen LogP contribution is 2.41. The molecule has 0 unspecified atom stereocenters. The molecule has 0 spiro atoms. The molecule has 0 saturated heterocycles. The van der Waals surface area contributed by atoms with Gasteiger partial charge >= 0.3 is 0 Å². The third kappa shape index (κ3) is 5.87. The zero-order valence-electron chi connectivity index (χ0n) is 21.3. The molecule has 0 aromatic heterocycles. The number of hydrogen-bond acceptors (Lipinski definition) is 5. The molecule has 7 heteroatoms. The first-order chi connectivity index (χ1) is 19.0. The van der Waals surface area contributed by atoms with Crippen LogP contribution in [-0.2, 0) is 9.59 Å². The second-order valence-corrected chi connectivity index (χ2v) is 10.1. The van der Waals surface area contributed by atoms with Crippen LogP contribution in [0.5, 0.6) is 0 Å². The van der Waals surface area contributed by atoms with E-state index >= 15 is 0 Å². The molecule has 5 rings (SSSR count). The number of nitriles is 1. The first-order valence-electron chi connectivity index (χ1n) is 12.5. The van der Waals surface area contributed by atoms with Crippen molar-refractivity contribution in [3.63, 3.8) is 0 Å². The predicted molar refractivity (Wildman–Crippen MR) is 158 cm³/mol. The standard InChI is InChI=1S/C32H26N4O2S/c1-21-29(31(38)36-25-14-6-3-7-15-25)30(23-11-4-2-5-12-23)27(19-33)32(34-21)39-20-28(37)35-26-17-16-22-10-8-9-13-24(22)18-26/h2-18,30,34H,20H2,1H3,(H,35,37)(H,36,38)/t30-/m1/s1. The van der Waals surface area contributed by atoms with Crippen LogP contribution in [0, 0.1) is 11.3 Å². The lowest BCUT2D eigenvalue weighted by Gasteiger charge is -2.29. The molecule has 0 saturated carbocycles. The Kier molecular flexibility index (Phi) is 7.76. The second kappa shape index (κ2) is 11.7. The number of allylic oxidation sites excluding steroid dienone is 2. The van der Waals surface area contributed by atoms with E-state index in [1.807, 2.05) is 110 Å². The van der Waals surface area contributed by atoms with E-state index in [0.717, 1.165) is 16.3 Å². The summed E-state index contributed by atoms with van der Waals surface area (Å²) in [5.41, 5.74) is 3.70. The average Bonchev–Trinajstić information content (AvgIpc) is 2.96. The zero-order chi connectivity index (χ0) is 27.2. The van der Waals surface area contributed by atoms with Gasteiger partial charge in [0.25, 0.3) is 5.91 Å². The highest BCUT2D eigenvalue weighted by molar-refractivity contribution is 8.03. The van der Waals surface area contributed by atoms with Gasteiger partial charge in [0.2, 0.25) is 5.91 Å². The van der Waals surface area contributed by atoms with Gasteiger partial charge in [-0.3, -0.25) is 9.59 Å². The van der Waals surface area contributed by atoms with Gasteiger partial charge < -0.3 is 16.0 Å². The Morgan fingerprint density at radius 1 is 0.846 bits per heavy atom. The monoisotopic (exact) mass is 530 g/mol. The number of hydrogen-bond donors (Lipinski definition) is 3. The Morgan fingerprint density at radius 3 is 2.23 bits per heavy atom. The van der Waals surface area contributed by atoms with E-state index in [0.29, 0.717) is 33.2 Å². The minimum absolute atomic E-state index is 0.0979. The van der Waals surface area contributed by atoms with Crippen LogP contribution in [0.3, 0.4) is 0 Å². The molecule has 6 nitrogen and oxygen atoms in total. The highest BCUT2D eigenvalue weighted by atomic mass is 32.2. The molecule has 0 fully saturated rings. The molecule has 4 aromatic carbocycles. The maximum Gasteiger partial charge on any atom is 0.254 e. The van der Waals surface area contributed by atoms with Crippen LogP contribution >= 0.6 is 11.8 Å². The van der Waals surface area contributed by atoms with Crippen LogP contribution in [0.25, 0.3) is 10.8 Å². The Hall–Kier alpha value is -4.80. The first-order valence-corrected chi connectivity index (χ1v) is 13.5. The number of benzene rings is 4. The summed E-state index contributed by atoms with van der Waals surface area (Å²) in [6.07, 6.45) is 0. The van der Waals surface area contributed by atoms with E-state index in [1.165, 1.54) is 11.8 Å². The van der Waals surface area contributed by atoms with Gasteiger partial charge in [0.1, 0.15) is 0 Å². The van der Waals surface area contributed by atoms with Crippen molar-refractivity contribution >= 4 is 45.7 Å². The molecular formula is C32H26N4O2S. The fraction of sp³-hybridized carbons (Fsp3) is 0.0938. The minimum atomic E-state index is -0.577. The number of nitrogens with one attached hydrogen (secondary N) is 3. The summed E-state index contributed by atoms with van der Waals surface area (Å²) in [6, 6.07) is 34.8. The van der Waals surface area contributed by atoms with E-state index in [4.69, 9.17) is 0 Å². The predicted octanol–water partition coefficient (Wildman–Crippen LogP) is 6.55. The Morgan fingerprint density at radius 2 is 1.51 bits per heavy atom. The van der Waals surface area contributed by atoms with Crippen molar-refractivity contribution in [1.29, 1.82) is 5.26 Å². The van der Waals surface area contributed by atoms with Crippen LogP contribution in [0.15, 0.2) is 125 Å². The lowest BCUT2D eigenvalue weighted by Crippen LogP contribution is -2.31. The van der Waals surface area contributed by atoms with Crippen molar-refractivity contribution in [2.24, 2.45) is 0 Å². The lowest BCUT2D eigenvalue weighted by molar-refractivity contribution is -0.114. The fourth-order valence-electron chi connectivity index (χ4n) is 4.63. The molecule has 1 aliphatic heterocycles. The lowest BCUT2D eigenvalue weighted by atomic mass is 9.82. The number of para-hydroxylation sites is 1. The van der Waals surface area contributed by atoms with E-state index in [-0.39, 0.29) is 17.6 Å². The van der Waals surface area contributed by atoms with E-state index in [1.54, 1.807) is 0 Å². The minimum Gasteiger partial charge on any atom is -0.353 e. The van der Waals surface area contributed by atoms with Crippen molar-refractivity contribution in [2.75, 3.05) is 16.4 Å². The fourth-order valence-corrected chi connectivity index (χ4v) is 5.52. The average molecular weight is 531 g/mol. The van der Waals surface area contributed by atoms with Gasteiger partial charge in [0, 0.05) is 22.6 Å². The molecule has 39 heavy (non-hydrogen) atoms. The van der Waals surface area contributed by atoms with Gasteiger partial charge in [-0.25, -0.2) is 0 Å². The molecule has 1 atom stereocenters. The molecule has 0 bridgehead atoms. The van der Waals surface area contributed by atoms with Crippen LogP contribution < -0.4 is 16.0 Å². The topological polar surface area (TPSA) is 94.0 Å². The molecule has 1 heterocycles. The third-order valence-electron chi connectivity index (χ3n) is 6.44. The van der Waals surface area contributed by atoms with E-state index in [2.05, 4.69) is 22.0 Å². The molecule has 2 amide bonds. The number of rotatable bonds is 7. The number of dihydropyridines is 1. The summed E-state index contributed by atoms with van der Waals surface area (Å²) in [5.74, 6) is -0.953. The number of carbonyl (C=O) groups is 2. The number of amides is 2. The highest BCUT2D eigenvalue weighted by Gasteiger charge is 2.34. The van der Waals surface area contributed by atoms with Gasteiger partial charge in [-0.05, 0) is 47.5 Å². The Balaban J connectivity index is 1.38. The summed E-state index contributed by atoms with van der Waals surface area (Å²) in [6.45, 7) is 1.82. The number of thioether (sulfide) groups is 1. The molecule has 4 aromatic rings. The summed E-state index contributed by atoms with van der Waals surface area (Å²) < 4.78 is 0. The summed E-state index contributed by atoms with van der Waals surface area (Å²) in [5, 5.41) is 22.1. The molecule has 0 radical (unpaired) electrons. The van der Waals surface area contributed by atoms with Crippen molar-refractivity contribution in [2.45, 2.75) is 12.8 Å². The van der Waals surface area contributed by atoms with Crippen molar-refractivity contribution < 1.29 is 9.59 Å². The summed E-state index contributed by atoms with van der Waals surface area (Å²) in [4.78, 5) is 26.3. The van der Waals surface area contributed by atoms with E-state index < -0.39 is 5.92 Å². The summed E-state index contributed by atoms with van der Waals surface area (Å²) >= 11 is 1.25. The molecule has 3 N–H and O–H groups in total. The Labute approximate surface area is 231 Å². The third-order valence-corrected chi connectivity index (χ3v) is 7.45. The number of fused-ring (bicyclic) bond motifs is 1. The zero-order valence-corrected chi connectivity index (χ0v) is 22.1. The SMILES string of the molecule is CC1=C(C(=O)Nc2ccccc2)[C@H](c2ccccc2)C(C#N)=C(SCC(=O)Nc2ccc3ccccc3c2)N1. The Bertz CT molecular complexity index is 1640. The quantitative estimate of drug-likeness (QED) is 0.252. The van der Waals surface area contributed by atoms with Gasteiger partial charge in [0.15, 0.2) is 0 Å². The smallest absolute Gasteiger partial charge is 0.254 e. The normalized spacial score (nSPS) is 14.9. The van der Waals surface area contributed by atoms with Gasteiger partial charge in [-0.2, -0.15) is 5.26 Å². The number of anilines is 2. The maximum atomic E-state index is 13.5. The number of nitrogens with zero attached hydrogens (tertiary/aromatic N) is 1. The molecular weight excluding hydrogens is 504 g/mol. The van der Waals surface area contributed by atoms with Crippen molar-refractivity contribution in [3.8, 4) is 6.07 Å². The maximum absolute atomic E-state index is 13.5. The largest absolute Gasteiger partial charge is 0.353 e. The van der Waals surface area contributed by atoms with Crippen LogP contribution in [0.4, 0.5) is 11.4 Å². The van der Waals surface area contributed by atoms with Crippen LogP contribution in [0.1, 0.15) is 18.4 Å². The van der Waals surface area contributed by atoms with Crippen molar-refractivity contribution in [3.05, 3.63) is 131 Å². The second-order valence-electron chi connectivity index (χ2n) is 9.08. The molecule has 0 aliphatic carbocycles. The number of carbonyl (C=O) groups excluding carboxylic acids is 2. The molecule has 192 valence electrons. The first kappa shape index (κ1) is 25.8. The van der Waals surface area contributed by atoms with Gasteiger partial charge in [-0.1, -0.05) is 90.6 Å². The molecule has 1 aliphatic rings. The van der Waals surface area contributed by atoms with Gasteiger partial charge in [-0.15, -0.1) is 0 Å². The van der Waals surface area contributed by atoms with E-state index in [9.17, 15) is 14.9 Å². The van der Waals surface area contributed by atoms with Crippen LogP contribution in [-0.4, -0.2) is 17.6 Å². The van der Waals surface area contributed by atoms with Gasteiger partial charge in [0.05, 0.1) is 28.3 Å². The van der Waals surface area contributed by atoms with Crippen LogP contribution in [0.2, 0.25) is 0 Å². The van der Waals surface area contributed by atoms with Crippen molar-refractivity contribution in [1.82, 2.24) is 5.32 Å². The summed E-state index contributed by atoms with van der Waals surface area (Å²) in [7, 11) is 0.